The van der Waals surface area contributed by atoms with E-state index in [1.54, 1.807) is 13.1 Å². The number of aromatic nitrogens is 2. The summed E-state index contributed by atoms with van der Waals surface area (Å²) in [4.78, 5) is 18.9. The Morgan fingerprint density at radius 1 is 1.67 bits per heavy atom. The quantitative estimate of drug-likeness (QED) is 0.655. The number of Topliss-reactive ketones (excluding diaryl/α,β-unsaturated/α-hetero) is 1. The van der Waals surface area contributed by atoms with Crippen LogP contribution in [0.15, 0.2) is 18.6 Å². The molecule has 0 saturated heterocycles. The number of hydrogen-bond acceptors (Lipinski definition) is 3. The molecular formula is C9H10N2O. The highest BCUT2D eigenvalue weighted by Gasteiger charge is 2.42. The fourth-order valence-corrected chi connectivity index (χ4v) is 1.49. The summed E-state index contributed by atoms with van der Waals surface area (Å²) in [6.07, 6.45) is 4.22. The van der Waals surface area contributed by atoms with E-state index in [1.807, 2.05) is 6.07 Å². The van der Waals surface area contributed by atoms with E-state index in [9.17, 15) is 4.79 Å². The van der Waals surface area contributed by atoms with Gasteiger partial charge in [0.1, 0.15) is 12.1 Å². The van der Waals surface area contributed by atoms with E-state index < -0.39 is 0 Å². The molecule has 0 N–H and O–H groups in total. The normalized spacial score (nSPS) is 26.8. The lowest BCUT2D eigenvalue weighted by molar-refractivity contribution is -0.118. The van der Waals surface area contributed by atoms with Crippen molar-refractivity contribution in [1.82, 2.24) is 9.97 Å². The molecule has 0 bridgehead atoms. The van der Waals surface area contributed by atoms with Crippen LogP contribution in [0.2, 0.25) is 0 Å². The molecule has 0 radical (unpaired) electrons. The predicted octanol–water partition coefficient (Wildman–Crippen LogP) is 1.17. The standard InChI is InChI=1S/C9H10N2O/c1-6(12)7-4-8(7)9-2-3-10-5-11-9/h2-3,5,7-8H,4H2,1H3. The molecule has 2 unspecified atom stereocenters. The van der Waals surface area contributed by atoms with E-state index in [-0.39, 0.29) is 11.7 Å². The van der Waals surface area contributed by atoms with Crippen LogP contribution >= 0.6 is 0 Å². The Bertz CT molecular complexity index is 297. The number of carbonyl (C=O) groups excluding carboxylic acids is 1. The summed E-state index contributed by atoms with van der Waals surface area (Å²) in [6.45, 7) is 1.64. The van der Waals surface area contributed by atoms with Crippen LogP contribution < -0.4 is 0 Å². The first-order chi connectivity index (χ1) is 5.79. The Labute approximate surface area is 70.9 Å². The van der Waals surface area contributed by atoms with Gasteiger partial charge in [0.15, 0.2) is 0 Å². The minimum Gasteiger partial charge on any atom is -0.300 e. The highest BCUT2D eigenvalue weighted by atomic mass is 16.1. The average molecular weight is 162 g/mol. The third kappa shape index (κ3) is 1.22. The molecule has 2 rings (SSSR count). The molecule has 12 heavy (non-hydrogen) atoms. The number of carbonyl (C=O) groups is 1. The maximum atomic E-state index is 10.9. The first-order valence-electron chi connectivity index (χ1n) is 4.05. The Balaban J connectivity index is 2.11. The summed E-state index contributed by atoms with van der Waals surface area (Å²) in [5, 5.41) is 0. The SMILES string of the molecule is CC(=O)C1CC1c1ccncn1. The first kappa shape index (κ1) is 7.40. The third-order valence-corrected chi connectivity index (χ3v) is 2.30. The molecule has 1 fully saturated rings. The predicted molar refractivity (Wildman–Crippen MR) is 43.6 cm³/mol. The van der Waals surface area contributed by atoms with Crippen molar-refractivity contribution >= 4 is 5.78 Å². The summed E-state index contributed by atoms with van der Waals surface area (Å²) >= 11 is 0. The van der Waals surface area contributed by atoms with Crippen molar-refractivity contribution in [1.29, 1.82) is 0 Å². The summed E-state index contributed by atoms with van der Waals surface area (Å²) in [7, 11) is 0. The third-order valence-electron chi connectivity index (χ3n) is 2.30. The van der Waals surface area contributed by atoms with Crippen LogP contribution in [-0.4, -0.2) is 15.8 Å². The molecule has 3 heteroatoms. The van der Waals surface area contributed by atoms with Gasteiger partial charge in [0.25, 0.3) is 0 Å². The van der Waals surface area contributed by atoms with Crippen molar-refractivity contribution < 1.29 is 4.79 Å². The van der Waals surface area contributed by atoms with Gasteiger partial charge in [-0.25, -0.2) is 9.97 Å². The average Bonchev–Trinajstić information content (AvgIpc) is 2.84. The molecule has 3 nitrogen and oxygen atoms in total. The van der Waals surface area contributed by atoms with Crippen molar-refractivity contribution in [2.24, 2.45) is 5.92 Å². The molecule has 1 aromatic heterocycles. The highest BCUT2D eigenvalue weighted by Crippen LogP contribution is 2.46. The molecule has 1 aromatic rings. The number of hydrogen-bond donors (Lipinski definition) is 0. The molecule has 1 aliphatic carbocycles. The lowest BCUT2D eigenvalue weighted by Gasteiger charge is -1.94. The van der Waals surface area contributed by atoms with Crippen LogP contribution in [0.25, 0.3) is 0 Å². The minimum absolute atomic E-state index is 0.222. The molecule has 0 spiro atoms. The van der Waals surface area contributed by atoms with Crippen molar-refractivity contribution in [3.63, 3.8) is 0 Å². The molecule has 62 valence electrons. The largest absolute Gasteiger partial charge is 0.300 e. The van der Waals surface area contributed by atoms with Gasteiger partial charge in [-0.3, -0.25) is 4.79 Å². The lowest BCUT2D eigenvalue weighted by Crippen LogP contribution is -1.96. The van der Waals surface area contributed by atoms with E-state index in [1.165, 1.54) is 6.33 Å². The van der Waals surface area contributed by atoms with Gasteiger partial charge in [-0.05, 0) is 19.4 Å². The van der Waals surface area contributed by atoms with Crippen LogP contribution in [0, 0.1) is 5.92 Å². The van der Waals surface area contributed by atoms with E-state index in [2.05, 4.69) is 9.97 Å². The van der Waals surface area contributed by atoms with Gasteiger partial charge >= 0.3 is 0 Å². The maximum Gasteiger partial charge on any atom is 0.133 e. The lowest BCUT2D eigenvalue weighted by atomic mass is 10.2. The molecule has 0 aliphatic heterocycles. The Morgan fingerprint density at radius 3 is 3.00 bits per heavy atom. The van der Waals surface area contributed by atoms with Crippen molar-refractivity contribution in [2.75, 3.05) is 0 Å². The molecular weight excluding hydrogens is 152 g/mol. The highest BCUT2D eigenvalue weighted by molar-refractivity contribution is 5.82. The topological polar surface area (TPSA) is 42.9 Å². The second kappa shape index (κ2) is 2.66. The van der Waals surface area contributed by atoms with E-state index >= 15 is 0 Å². The second-order valence-corrected chi connectivity index (χ2v) is 3.19. The number of ketones is 1. The van der Waals surface area contributed by atoms with Gasteiger partial charge in [0.05, 0.1) is 0 Å². The molecule has 1 aliphatic rings. The van der Waals surface area contributed by atoms with Crippen LogP contribution in [-0.2, 0) is 4.79 Å². The zero-order chi connectivity index (χ0) is 8.55. The molecule has 0 aromatic carbocycles. The molecule has 1 heterocycles. The van der Waals surface area contributed by atoms with Crippen LogP contribution in [0.5, 0.6) is 0 Å². The molecule has 1 saturated carbocycles. The number of rotatable bonds is 2. The fraction of sp³-hybridized carbons (Fsp3) is 0.444. The first-order valence-corrected chi connectivity index (χ1v) is 4.05. The summed E-state index contributed by atoms with van der Waals surface area (Å²) < 4.78 is 0. The van der Waals surface area contributed by atoms with Crippen molar-refractivity contribution in [3.8, 4) is 0 Å². The monoisotopic (exact) mass is 162 g/mol. The van der Waals surface area contributed by atoms with Crippen LogP contribution in [0.1, 0.15) is 25.0 Å². The van der Waals surface area contributed by atoms with Gasteiger partial charge in [0, 0.05) is 23.7 Å². The van der Waals surface area contributed by atoms with Gasteiger partial charge < -0.3 is 0 Å². The molecule has 2 atom stereocenters. The van der Waals surface area contributed by atoms with E-state index in [4.69, 9.17) is 0 Å². The Kier molecular flexibility index (Phi) is 1.64. The molecule has 0 amide bonds. The Morgan fingerprint density at radius 2 is 2.50 bits per heavy atom. The van der Waals surface area contributed by atoms with Gasteiger partial charge in [-0.15, -0.1) is 0 Å². The zero-order valence-electron chi connectivity index (χ0n) is 6.90. The van der Waals surface area contributed by atoms with Crippen LogP contribution in [0.4, 0.5) is 0 Å². The smallest absolute Gasteiger partial charge is 0.133 e. The summed E-state index contributed by atoms with van der Waals surface area (Å²) in [6, 6.07) is 1.88. The zero-order valence-corrected chi connectivity index (χ0v) is 6.90. The summed E-state index contributed by atoms with van der Waals surface area (Å²) in [5.74, 6) is 0.865. The van der Waals surface area contributed by atoms with E-state index in [0.29, 0.717) is 5.92 Å². The van der Waals surface area contributed by atoms with Crippen molar-refractivity contribution in [3.05, 3.63) is 24.3 Å². The maximum absolute atomic E-state index is 10.9. The fourth-order valence-electron chi connectivity index (χ4n) is 1.49. The Hall–Kier alpha value is -1.25. The van der Waals surface area contributed by atoms with Gasteiger partial charge in [0.2, 0.25) is 0 Å². The van der Waals surface area contributed by atoms with Gasteiger partial charge in [-0.1, -0.05) is 0 Å². The number of nitrogens with zero attached hydrogens (tertiary/aromatic N) is 2. The van der Waals surface area contributed by atoms with E-state index in [0.717, 1.165) is 12.1 Å². The second-order valence-electron chi connectivity index (χ2n) is 3.19. The summed E-state index contributed by atoms with van der Waals surface area (Å²) in [5.41, 5.74) is 1.00. The van der Waals surface area contributed by atoms with Crippen molar-refractivity contribution in [2.45, 2.75) is 19.3 Å². The van der Waals surface area contributed by atoms with Gasteiger partial charge in [-0.2, -0.15) is 0 Å². The minimum atomic E-state index is 0.222. The van der Waals surface area contributed by atoms with Crippen LogP contribution in [0.3, 0.4) is 0 Å².